The van der Waals surface area contributed by atoms with E-state index >= 15 is 0 Å². The van der Waals surface area contributed by atoms with Gasteiger partial charge in [0.15, 0.2) is 0 Å². The van der Waals surface area contributed by atoms with Crippen LogP contribution in [0.1, 0.15) is 10.4 Å². The smallest absolute Gasteiger partial charge is 0.289 e. The lowest BCUT2D eigenvalue weighted by Gasteiger charge is -2.04. The first-order valence-electron chi connectivity index (χ1n) is 3.64. The van der Waals surface area contributed by atoms with Gasteiger partial charge in [-0.15, -0.1) is 0 Å². The normalized spacial score (nSPS) is 9.00. The van der Waals surface area contributed by atoms with Crippen molar-refractivity contribution in [1.82, 2.24) is 0 Å². The maximum atomic E-state index is 11.3. The first kappa shape index (κ1) is 10.9. The molecule has 1 rings (SSSR count). The fourth-order valence-corrected chi connectivity index (χ4v) is 1.20. The summed E-state index contributed by atoms with van der Waals surface area (Å²) in [5.74, 6) is -0.104. The van der Waals surface area contributed by atoms with Crippen molar-refractivity contribution in [3.8, 4) is 5.75 Å². The number of thiocarbonyl (C=S) groups is 1. The van der Waals surface area contributed by atoms with Crippen LogP contribution >= 0.6 is 23.8 Å². The second-order valence-electron chi connectivity index (χ2n) is 2.35. The molecule has 0 bridgehead atoms. The molecule has 0 heterocycles. The summed E-state index contributed by atoms with van der Waals surface area (Å²) in [5.41, 5.74) is 0.275. The third kappa shape index (κ3) is 2.39. The van der Waals surface area contributed by atoms with Gasteiger partial charge in [0.2, 0.25) is 0 Å². The zero-order valence-electron chi connectivity index (χ0n) is 7.28. The largest absolute Gasteiger partial charge is 0.496 e. The number of hydrogen-bond donors (Lipinski definition) is 0. The minimum atomic E-state index is -0.514. The summed E-state index contributed by atoms with van der Waals surface area (Å²) in [6, 6.07) is 4.69. The van der Waals surface area contributed by atoms with E-state index in [1.807, 2.05) is 5.16 Å². The Morgan fingerprint density at radius 1 is 1.64 bits per heavy atom. The van der Waals surface area contributed by atoms with Gasteiger partial charge in [-0.05, 0) is 30.4 Å². The zero-order valence-corrected chi connectivity index (χ0v) is 8.85. The lowest BCUT2D eigenvalue weighted by molar-refractivity contribution is 0.100. The predicted octanol–water partition coefficient (Wildman–Crippen LogP) is 2.59. The molecule has 0 aliphatic rings. The van der Waals surface area contributed by atoms with Crippen LogP contribution in [0.15, 0.2) is 23.2 Å². The van der Waals surface area contributed by atoms with E-state index in [4.69, 9.17) is 16.3 Å². The summed E-state index contributed by atoms with van der Waals surface area (Å²) in [5, 5.41) is 2.44. The molecule has 0 spiro atoms. The Labute approximate surface area is 91.4 Å². The molecule has 0 radical (unpaired) electrons. The molecule has 0 aromatic heterocycles. The minimum absolute atomic E-state index is 0.275. The van der Waals surface area contributed by atoms with E-state index in [9.17, 15) is 4.79 Å². The Morgan fingerprint density at radius 2 is 2.36 bits per heavy atom. The molecule has 3 nitrogen and oxygen atoms in total. The summed E-state index contributed by atoms with van der Waals surface area (Å²) < 4.78 is 4.97. The van der Waals surface area contributed by atoms with Gasteiger partial charge in [-0.1, -0.05) is 11.6 Å². The van der Waals surface area contributed by atoms with Crippen molar-refractivity contribution in [2.75, 3.05) is 7.11 Å². The number of rotatable bonds is 2. The van der Waals surface area contributed by atoms with E-state index in [1.54, 1.807) is 12.1 Å². The topological polar surface area (TPSA) is 38.7 Å². The van der Waals surface area contributed by atoms with Crippen LogP contribution in [0.5, 0.6) is 5.75 Å². The Hall–Kier alpha value is -1.22. The Kier molecular flexibility index (Phi) is 3.77. The second kappa shape index (κ2) is 4.86. The number of carbonyl (C=O) groups excluding carboxylic acids is 1. The van der Waals surface area contributed by atoms with Crippen molar-refractivity contribution in [3.05, 3.63) is 28.8 Å². The predicted molar refractivity (Wildman–Crippen MR) is 57.4 cm³/mol. The van der Waals surface area contributed by atoms with Crippen LogP contribution in [0, 0.1) is 0 Å². The molecule has 14 heavy (non-hydrogen) atoms. The monoisotopic (exact) mass is 227 g/mol. The third-order valence-electron chi connectivity index (χ3n) is 1.54. The molecule has 0 atom stereocenters. The fourth-order valence-electron chi connectivity index (χ4n) is 0.949. The van der Waals surface area contributed by atoms with Gasteiger partial charge < -0.3 is 4.74 Å². The maximum absolute atomic E-state index is 11.3. The molecule has 5 heteroatoms. The first-order valence-corrected chi connectivity index (χ1v) is 4.43. The van der Waals surface area contributed by atoms with Crippen molar-refractivity contribution in [2.45, 2.75) is 0 Å². The average Bonchev–Trinajstić information content (AvgIpc) is 2.18. The van der Waals surface area contributed by atoms with Crippen molar-refractivity contribution < 1.29 is 9.53 Å². The summed E-state index contributed by atoms with van der Waals surface area (Å²) >= 11 is 10.1. The molecule has 0 fully saturated rings. The van der Waals surface area contributed by atoms with Crippen LogP contribution in [0.2, 0.25) is 5.02 Å². The molecule has 0 saturated carbocycles. The maximum Gasteiger partial charge on any atom is 0.289 e. The lowest BCUT2D eigenvalue weighted by atomic mass is 10.2. The Balaban J connectivity index is 3.23. The zero-order chi connectivity index (χ0) is 10.6. The highest BCUT2D eigenvalue weighted by atomic mass is 35.5. The average molecular weight is 228 g/mol. The van der Waals surface area contributed by atoms with Crippen molar-refractivity contribution in [3.63, 3.8) is 0 Å². The molecule has 0 saturated heterocycles. The summed E-state index contributed by atoms with van der Waals surface area (Å²) in [7, 11) is 1.46. The number of carbonyl (C=O) groups is 1. The van der Waals surface area contributed by atoms with Crippen molar-refractivity contribution in [2.24, 2.45) is 4.99 Å². The van der Waals surface area contributed by atoms with Crippen LogP contribution in [0.4, 0.5) is 0 Å². The van der Waals surface area contributed by atoms with E-state index < -0.39 is 5.91 Å². The number of ether oxygens (including phenoxy) is 1. The van der Waals surface area contributed by atoms with Crippen molar-refractivity contribution >= 4 is 34.9 Å². The number of methoxy groups -OCH3 is 1. The molecule has 72 valence electrons. The number of benzene rings is 1. The number of isothiocyanates is 1. The second-order valence-corrected chi connectivity index (χ2v) is 2.97. The number of nitrogens with zero attached hydrogens (tertiary/aromatic N) is 1. The van der Waals surface area contributed by atoms with Gasteiger partial charge in [-0.2, -0.15) is 4.99 Å². The molecule has 0 aliphatic heterocycles. The summed E-state index contributed by atoms with van der Waals surface area (Å²) in [4.78, 5) is 14.7. The third-order valence-corrected chi connectivity index (χ3v) is 1.87. The molecule has 1 aromatic carbocycles. The number of halogens is 1. The number of hydrogen-bond acceptors (Lipinski definition) is 3. The molecule has 0 aliphatic carbocycles. The quantitative estimate of drug-likeness (QED) is 0.576. The van der Waals surface area contributed by atoms with E-state index in [0.717, 1.165) is 0 Å². The lowest BCUT2D eigenvalue weighted by Crippen LogP contribution is -1.98. The van der Waals surface area contributed by atoms with E-state index in [1.165, 1.54) is 13.2 Å². The van der Waals surface area contributed by atoms with Gasteiger partial charge in [0.25, 0.3) is 5.91 Å². The van der Waals surface area contributed by atoms with Gasteiger partial charge in [0.05, 0.1) is 17.8 Å². The molecule has 0 unspecified atom stereocenters. The van der Waals surface area contributed by atoms with Gasteiger partial charge in [-0.25, -0.2) is 0 Å². The van der Waals surface area contributed by atoms with E-state index in [0.29, 0.717) is 10.8 Å². The van der Waals surface area contributed by atoms with E-state index in [2.05, 4.69) is 17.2 Å². The molecule has 1 amide bonds. The highest BCUT2D eigenvalue weighted by Crippen LogP contribution is 2.23. The van der Waals surface area contributed by atoms with Crippen LogP contribution in [0.25, 0.3) is 0 Å². The van der Waals surface area contributed by atoms with Gasteiger partial charge in [0, 0.05) is 5.02 Å². The molecular formula is C9H6ClNO2S. The van der Waals surface area contributed by atoms with Crippen molar-refractivity contribution in [1.29, 1.82) is 0 Å². The molecule has 0 N–H and O–H groups in total. The minimum Gasteiger partial charge on any atom is -0.496 e. The Morgan fingerprint density at radius 3 is 2.93 bits per heavy atom. The standard InChI is InChI=1S/C9H6ClNO2S/c1-13-8-3-2-6(10)4-7(8)9(12)11-5-14/h2-4H,1H3. The SMILES string of the molecule is COc1ccc(Cl)cc1C(=O)N=C=S. The molecular weight excluding hydrogens is 222 g/mol. The van der Waals surface area contributed by atoms with Gasteiger partial charge in [0.1, 0.15) is 5.75 Å². The first-order chi connectivity index (χ1) is 6.69. The van der Waals surface area contributed by atoms with E-state index in [-0.39, 0.29) is 5.56 Å². The fraction of sp³-hybridized carbons (Fsp3) is 0.111. The summed E-state index contributed by atoms with van der Waals surface area (Å²) in [6.07, 6.45) is 0. The molecule has 1 aromatic rings. The van der Waals surface area contributed by atoms with Crippen LogP contribution in [-0.2, 0) is 0 Å². The number of amides is 1. The van der Waals surface area contributed by atoms with Crippen LogP contribution in [0.3, 0.4) is 0 Å². The number of aliphatic imine (C=N–C) groups is 1. The van der Waals surface area contributed by atoms with Gasteiger partial charge in [-0.3, -0.25) is 4.79 Å². The Bertz CT molecular complexity index is 413. The summed E-state index contributed by atoms with van der Waals surface area (Å²) in [6.45, 7) is 0. The van der Waals surface area contributed by atoms with Gasteiger partial charge >= 0.3 is 0 Å². The highest BCUT2D eigenvalue weighted by Gasteiger charge is 2.11. The highest BCUT2D eigenvalue weighted by molar-refractivity contribution is 7.78. The van der Waals surface area contributed by atoms with Crippen LogP contribution in [-0.4, -0.2) is 18.2 Å². The van der Waals surface area contributed by atoms with Crippen LogP contribution < -0.4 is 4.74 Å².